The number of carbonyl (C=O) groups excluding carboxylic acids is 1. The Morgan fingerprint density at radius 1 is 1.00 bits per heavy atom. The summed E-state index contributed by atoms with van der Waals surface area (Å²) in [4.78, 5) is 23.4. The van der Waals surface area contributed by atoms with Gasteiger partial charge in [-0.1, -0.05) is 48.0 Å². The van der Waals surface area contributed by atoms with Gasteiger partial charge in [-0.25, -0.2) is 4.79 Å². The SMILES string of the molecule is CC(C)(C)OC(=O)NC(CO)c1cc(Cl)cc(-c2cccc(COc3ccccc3CC(=O)O)c2)c1. The Balaban J connectivity index is 1.80. The van der Waals surface area contributed by atoms with Crippen molar-refractivity contribution in [2.45, 2.75) is 45.4 Å². The first-order chi connectivity index (χ1) is 17.0. The van der Waals surface area contributed by atoms with Gasteiger partial charge in [0.1, 0.15) is 18.0 Å². The summed E-state index contributed by atoms with van der Waals surface area (Å²) in [6.45, 7) is 5.21. The van der Waals surface area contributed by atoms with Gasteiger partial charge < -0.3 is 25.0 Å². The van der Waals surface area contributed by atoms with Crippen LogP contribution in [0.15, 0.2) is 66.7 Å². The monoisotopic (exact) mass is 511 g/mol. The third-order valence-corrected chi connectivity index (χ3v) is 5.38. The van der Waals surface area contributed by atoms with Crippen LogP contribution in [-0.4, -0.2) is 34.5 Å². The number of hydrogen-bond acceptors (Lipinski definition) is 5. The Hall–Kier alpha value is -3.55. The molecule has 0 bridgehead atoms. The van der Waals surface area contributed by atoms with E-state index >= 15 is 0 Å². The molecule has 0 aliphatic rings. The van der Waals surface area contributed by atoms with E-state index in [0.29, 0.717) is 21.9 Å². The first-order valence-electron chi connectivity index (χ1n) is 11.5. The van der Waals surface area contributed by atoms with E-state index in [-0.39, 0.29) is 19.6 Å². The van der Waals surface area contributed by atoms with E-state index < -0.39 is 23.7 Å². The van der Waals surface area contributed by atoms with Crippen LogP contribution in [0, 0.1) is 0 Å². The van der Waals surface area contributed by atoms with Gasteiger partial charge in [-0.3, -0.25) is 4.79 Å². The highest BCUT2D eigenvalue weighted by Gasteiger charge is 2.21. The molecule has 3 rings (SSSR count). The smallest absolute Gasteiger partial charge is 0.408 e. The summed E-state index contributed by atoms with van der Waals surface area (Å²) < 4.78 is 11.2. The summed E-state index contributed by atoms with van der Waals surface area (Å²) in [5.74, 6) is -0.401. The van der Waals surface area contributed by atoms with Crippen molar-refractivity contribution in [2.24, 2.45) is 0 Å². The lowest BCUT2D eigenvalue weighted by Gasteiger charge is -2.23. The molecule has 0 heterocycles. The molecule has 0 radical (unpaired) electrons. The molecule has 0 saturated carbocycles. The maximum atomic E-state index is 12.2. The number of carboxylic acid groups (broad SMARTS) is 1. The number of halogens is 1. The van der Waals surface area contributed by atoms with Gasteiger partial charge in [-0.2, -0.15) is 0 Å². The average Bonchev–Trinajstić information content (AvgIpc) is 2.80. The van der Waals surface area contributed by atoms with Crippen LogP contribution in [0.25, 0.3) is 11.1 Å². The molecule has 1 atom stereocenters. The lowest BCUT2D eigenvalue weighted by molar-refractivity contribution is -0.136. The minimum Gasteiger partial charge on any atom is -0.489 e. The number of alkyl carbamates (subject to hydrolysis) is 1. The number of carboxylic acids is 1. The summed E-state index contributed by atoms with van der Waals surface area (Å²) in [6, 6.07) is 19.4. The zero-order valence-corrected chi connectivity index (χ0v) is 21.2. The van der Waals surface area contributed by atoms with Gasteiger partial charge in [0.05, 0.1) is 19.1 Å². The topological polar surface area (TPSA) is 105 Å². The molecule has 0 aliphatic heterocycles. The van der Waals surface area contributed by atoms with Crippen molar-refractivity contribution in [3.63, 3.8) is 0 Å². The molecule has 0 aliphatic carbocycles. The third-order valence-electron chi connectivity index (χ3n) is 5.16. The number of carbonyl (C=O) groups is 2. The number of aliphatic hydroxyl groups excluding tert-OH is 1. The number of benzene rings is 3. The summed E-state index contributed by atoms with van der Waals surface area (Å²) >= 11 is 6.39. The first kappa shape index (κ1) is 27.0. The predicted molar refractivity (Wildman–Crippen MR) is 138 cm³/mol. The molecule has 3 N–H and O–H groups in total. The van der Waals surface area contributed by atoms with E-state index in [1.165, 1.54) is 0 Å². The predicted octanol–water partition coefficient (Wildman–Crippen LogP) is 5.77. The third kappa shape index (κ3) is 8.00. The Morgan fingerprint density at radius 2 is 1.75 bits per heavy atom. The van der Waals surface area contributed by atoms with E-state index in [1.54, 1.807) is 57.2 Å². The van der Waals surface area contributed by atoms with Crippen LogP contribution in [0.2, 0.25) is 5.02 Å². The largest absolute Gasteiger partial charge is 0.489 e. The fourth-order valence-electron chi connectivity index (χ4n) is 3.62. The molecule has 0 saturated heterocycles. The van der Waals surface area contributed by atoms with Crippen LogP contribution < -0.4 is 10.1 Å². The number of aliphatic carboxylic acids is 1. The maximum Gasteiger partial charge on any atom is 0.408 e. The Morgan fingerprint density at radius 3 is 2.44 bits per heavy atom. The van der Waals surface area contributed by atoms with E-state index in [0.717, 1.165) is 16.7 Å². The fourth-order valence-corrected chi connectivity index (χ4v) is 3.86. The van der Waals surface area contributed by atoms with Gasteiger partial charge in [0.2, 0.25) is 0 Å². The van der Waals surface area contributed by atoms with Gasteiger partial charge in [-0.15, -0.1) is 0 Å². The number of rotatable bonds is 9. The second-order valence-electron chi connectivity index (χ2n) is 9.32. The molecule has 190 valence electrons. The van der Waals surface area contributed by atoms with Gasteiger partial charge >= 0.3 is 12.1 Å². The zero-order chi connectivity index (χ0) is 26.3. The van der Waals surface area contributed by atoms with Crippen molar-refractivity contribution in [1.82, 2.24) is 5.32 Å². The molecular weight excluding hydrogens is 482 g/mol. The highest BCUT2D eigenvalue weighted by atomic mass is 35.5. The number of ether oxygens (including phenoxy) is 2. The quantitative estimate of drug-likeness (QED) is 0.337. The van der Waals surface area contributed by atoms with Gasteiger partial charge in [-0.05, 0) is 73.4 Å². The Bertz CT molecular complexity index is 1220. The summed E-state index contributed by atoms with van der Waals surface area (Å²) in [6.07, 6.45) is -0.754. The van der Waals surface area contributed by atoms with E-state index in [2.05, 4.69) is 5.32 Å². The average molecular weight is 512 g/mol. The summed E-state index contributed by atoms with van der Waals surface area (Å²) in [5.41, 5.74) is 3.12. The normalized spacial score (nSPS) is 12.0. The van der Waals surface area contributed by atoms with Crippen molar-refractivity contribution in [3.05, 3.63) is 88.4 Å². The van der Waals surface area contributed by atoms with Crippen molar-refractivity contribution in [3.8, 4) is 16.9 Å². The number of para-hydroxylation sites is 1. The van der Waals surface area contributed by atoms with E-state index in [1.807, 2.05) is 30.3 Å². The highest BCUT2D eigenvalue weighted by molar-refractivity contribution is 6.31. The van der Waals surface area contributed by atoms with Crippen LogP contribution in [-0.2, 0) is 22.6 Å². The minimum atomic E-state index is -0.924. The molecule has 7 nitrogen and oxygen atoms in total. The van der Waals surface area contributed by atoms with Crippen LogP contribution >= 0.6 is 11.6 Å². The molecule has 3 aromatic carbocycles. The Labute approximate surface area is 215 Å². The molecule has 36 heavy (non-hydrogen) atoms. The molecule has 1 unspecified atom stereocenters. The summed E-state index contributed by atoms with van der Waals surface area (Å²) in [5, 5.41) is 22.2. The van der Waals surface area contributed by atoms with Crippen molar-refractivity contribution in [2.75, 3.05) is 6.61 Å². The second-order valence-corrected chi connectivity index (χ2v) is 9.76. The minimum absolute atomic E-state index is 0.120. The van der Waals surface area contributed by atoms with Crippen molar-refractivity contribution >= 4 is 23.7 Å². The highest BCUT2D eigenvalue weighted by Crippen LogP contribution is 2.29. The molecule has 3 aromatic rings. The molecule has 8 heteroatoms. The van der Waals surface area contributed by atoms with E-state index in [4.69, 9.17) is 26.2 Å². The molecule has 0 spiro atoms. The fraction of sp³-hybridized carbons (Fsp3) is 0.286. The van der Waals surface area contributed by atoms with Crippen LogP contribution in [0.4, 0.5) is 4.79 Å². The molecule has 0 fully saturated rings. The van der Waals surface area contributed by atoms with Crippen LogP contribution in [0.5, 0.6) is 5.75 Å². The first-order valence-corrected chi connectivity index (χ1v) is 11.8. The Kier molecular flexibility index (Phi) is 8.96. The number of aliphatic hydroxyl groups is 1. The van der Waals surface area contributed by atoms with Crippen molar-refractivity contribution in [1.29, 1.82) is 0 Å². The molecular formula is C28H30ClNO6. The van der Waals surface area contributed by atoms with Crippen LogP contribution in [0.3, 0.4) is 0 Å². The number of hydrogen-bond donors (Lipinski definition) is 3. The van der Waals surface area contributed by atoms with Gasteiger partial charge in [0.25, 0.3) is 0 Å². The maximum absolute atomic E-state index is 12.2. The number of amides is 1. The van der Waals surface area contributed by atoms with E-state index in [9.17, 15) is 14.7 Å². The standard InChI is InChI=1S/C28H30ClNO6/c1-28(2,3)36-27(34)30-24(16-31)22-12-21(13-23(29)14-22)19-9-6-7-18(11-19)17-35-25-10-5-4-8-20(25)15-26(32)33/h4-14,24,31H,15-17H2,1-3H3,(H,30,34)(H,32,33). The lowest BCUT2D eigenvalue weighted by atomic mass is 9.98. The lowest BCUT2D eigenvalue weighted by Crippen LogP contribution is -2.36. The van der Waals surface area contributed by atoms with Crippen LogP contribution in [0.1, 0.15) is 43.5 Å². The second kappa shape index (κ2) is 11.9. The number of nitrogens with one attached hydrogen (secondary N) is 1. The summed E-state index contributed by atoms with van der Waals surface area (Å²) in [7, 11) is 0. The molecule has 1 amide bonds. The van der Waals surface area contributed by atoms with Gasteiger partial charge in [0.15, 0.2) is 0 Å². The zero-order valence-electron chi connectivity index (χ0n) is 20.5. The molecule has 0 aromatic heterocycles. The van der Waals surface area contributed by atoms with Crippen molar-refractivity contribution < 1.29 is 29.3 Å². The van der Waals surface area contributed by atoms with Gasteiger partial charge in [0, 0.05) is 10.6 Å².